The number of carbonyl (C=O) groups excluding carboxylic acids is 1. The molecule has 0 aliphatic carbocycles. The summed E-state index contributed by atoms with van der Waals surface area (Å²) in [6.45, 7) is 2.47. The number of nitrogens with one attached hydrogen (secondary N) is 1. The van der Waals surface area contributed by atoms with Gasteiger partial charge in [-0.05, 0) is 19.1 Å². The van der Waals surface area contributed by atoms with Crippen molar-refractivity contribution in [2.45, 2.75) is 25.5 Å². The fraction of sp³-hybridized carbons (Fsp3) is 0.562. The van der Waals surface area contributed by atoms with Crippen molar-refractivity contribution in [1.82, 2.24) is 9.62 Å². The van der Waals surface area contributed by atoms with Crippen molar-refractivity contribution in [2.75, 3.05) is 32.6 Å². The molecule has 1 aliphatic rings. The number of benzene rings is 1. The smallest absolute Gasteiger partial charge is 0.238 e. The van der Waals surface area contributed by atoms with Gasteiger partial charge in [0, 0.05) is 20.1 Å². The van der Waals surface area contributed by atoms with Gasteiger partial charge in [0.1, 0.15) is 17.9 Å². The lowest BCUT2D eigenvalue weighted by molar-refractivity contribution is -0.124. The van der Waals surface area contributed by atoms with Crippen LogP contribution in [0.1, 0.15) is 13.3 Å². The molecule has 0 spiro atoms. The van der Waals surface area contributed by atoms with E-state index in [1.807, 2.05) is 30.3 Å². The van der Waals surface area contributed by atoms with Crippen LogP contribution in [0.3, 0.4) is 0 Å². The van der Waals surface area contributed by atoms with E-state index in [9.17, 15) is 13.2 Å². The Labute approximate surface area is 143 Å². The van der Waals surface area contributed by atoms with E-state index >= 15 is 0 Å². The number of ether oxygens (including phenoxy) is 2. The highest BCUT2D eigenvalue weighted by atomic mass is 32.2. The van der Waals surface area contributed by atoms with Crippen LogP contribution in [0.4, 0.5) is 0 Å². The lowest BCUT2D eigenvalue weighted by atomic mass is 10.2. The van der Waals surface area contributed by atoms with E-state index in [-0.39, 0.29) is 24.3 Å². The molecular weight excluding hydrogens is 332 g/mol. The quantitative estimate of drug-likeness (QED) is 0.690. The van der Waals surface area contributed by atoms with Crippen molar-refractivity contribution < 1.29 is 22.7 Å². The van der Waals surface area contributed by atoms with Crippen LogP contribution in [0, 0.1) is 0 Å². The number of nitrogens with zero attached hydrogens (tertiary/aromatic N) is 1. The van der Waals surface area contributed by atoms with Crippen molar-refractivity contribution in [3.8, 4) is 5.75 Å². The molecule has 1 saturated heterocycles. The third kappa shape index (κ3) is 4.68. The van der Waals surface area contributed by atoms with Gasteiger partial charge in [0.05, 0.1) is 18.9 Å². The van der Waals surface area contributed by atoms with Gasteiger partial charge in [-0.2, -0.15) is 4.31 Å². The third-order valence-corrected chi connectivity index (χ3v) is 5.74. The Morgan fingerprint density at radius 2 is 2.04 bits per heavy atom. The molecule has 8 heteroatoms. The molecule has 0 radical (unpaired) electrons. The Hall–Kier alpha value is -1.64. The summed E-state index contributed by atoms with van der Waals surface area (Å²) in [5.41, 5.74) is 0. The Morgan fingerprint density at radius 1 is 1.33 bits per heavy atom. The molecule has 1 fully saturated rings. The van der Waals surface area contributed by atoms with Crippen molar-refractivity contribution in [3.63, 3.8) is 0 Å². The number of hydrogen-bond donors (Lipinski definition) is 1. The Balaban J connectivity index is 2.09. The van der Waals surface area contributed by atoms with Gasteiger partial charge in [-0.25, -0.2) is 8.42 Å². The van der Waals surface area contributed by atoms with Gasteiger partial charge in [-0.15, -0.1) is 0 Å². The molecule has 1 aromatic rings. The molecule has 1 aliphatic heterocycles. The van der Waals surface area contributed by atoms with Crippen LogP contribution < -0.4 is 10.1 Å². The van der Waals surface area contributed by atoms with Gasteiger partial charge in [-0.3, -0.25) is 4.79 Å². The van der Waals surface area contributed by atoms with Crippen molar-refractivity contribution in [2.24, 2.45) is 0 Å². The molecule has 0 aromatic heterocycles. The summed E-state index contributed by atoms with van der Waals surface area (Å²) in [5.74, 6) is 0.299. The second-order valence-electron chi connectivity index (χ2n) is 5.56. The number of para-hydroxylation sites is 1. The summed E-state index contributed by atoms with van der Waals surface area (Å²) in [7, 11) is -1.95. The maximum absolute atomic E-state index is 12.4. The first kappa shape index (κ1) is 18.7. The van der Waals surface area contributed by atoms with Crippen LogP contribution in [0.2, 0.25) is 0 Å². The summed E-state index contributed by atoms with van der Waals surface area (Å²) in [6.07, 6.45) is -0.0284. The molecule has 1 aromatic carbocycles. The number of sulfonamides is 1. The summed E-state index contributed by atoms with van der Waals surface area (Å²) >= 11 is 0. The summed E-state index contributed by atoms with van der Waals surface area (Å²) in [6, 6.07) is 8.44. The zero-order chi connectivity index (χ0) is 17.6. The lowest BCUT2D eigenvalue weighted by Gasteiger charge is -2.22. The molecule has 0 unspecified atom stereocenters. The molecule has 2 atom stereocenters. The number of carbonyl (C=O) groups is 1. The van der Waals surface area contributed by atoms with Crippen molar-refractivity contribution in [1.29, 1.82) is 0 Å². The molecule has 1 amide bonds. The van der Waals surface area contributed by atoms with E-state index in [0.29, 0.717) is 25.3 Å². The Bertz CT molecular complexity index is 635. The van der Waals surface area contributed by atoms with Crippen molar-refractivity contribution in [3.05, 3.63) is 30.3 Å². The minimum atomic E-state index is -3.49. The van der Waals surface area contributed by atoms with Crippen LogP contribution >= 0.6 is 0 Å². The van der Waals surface area contributed by atoms with Crippen molar-refractivity contribution >= 4 is 15.9 Å². The first-order valence-electron chi connectivity index (χ1n) is 7.95. The third-order valence-electron chi connectivity index (χ3n) is 3.89. The maximum Gasteiger partial charge on any atom is 0.238 e. The SMILES string of the molecule is CCS(=O)(=O)N1C[C@@H](Oc2ccccc2)C[C@H]1C(=O)NCCOC. The number of methoxy groups -OCH3 is 1. The monoisotopic (exact) mass is 356 g/mol. The molecule has 0 bridgehead atoms. The largest absolute Gasteiger partial charge is 0.489 e. The minimum Gasteiger partial charge on any atom is -0.489 e. The van der Waals surface area contributed by atoms with Gasteiger partial charge in [0.15, 0.2) is 0 Å². The topological polar surface area (TPSA) is 84.9 Å². The van der Waals surface area contributed by atoms with E-state index in [1.165, 1.54) is 4.31 Å². The summed E-state index contributed by atoms with van der Waals surface area (Å²) < 4.78 is 36.6. The van der Waals surface area contributed by atoms with Crippen LogP contribution in [-0.2, 0) is 19.6 Å². The Morgan fingerprint density at radius 3 is 2.67 bits per heavy atom. The van der Waals surface area contributed by atoms with Gasteiger partial charge in [0.2, 0.25) is 15.9 Å². The lowest BCUT2D eigenvalue weighted by Crippen LogP contribution is -2.47. The predicted molar refractivity (Wildman–Crippen MR) is 90.3 cm³/mol. The maximum atomic E-state index is 12.4. The Kier molecular flexibility index (Phi) is 6.59. The van der Waals surface area contributed by atoms with Crippen LogP contribution in [-0.4, -0.2) is 63.3 Å². The van der Waals surface area contributed by atoms with E-state index in [0.717, 1.165) is 0 Å². The molecule has 2 rings (SSSR count). The number of rotatable bonds is 8. The number of hydrogen-bond acceptors (Lipinski definition) is 5. The van der Waals surface area contributed by atoms with E-state index in [2.05, 4.69) is 5.32 Å². The second kappa shape index (κ2) is 8.46. The second-order valence-corrected chi connectivity index (χ2v) is 7.77. The minimum absolute atomic E-state index is 0.0487. The standard InChI is InChI=1S/C16H24N2O5S/c1-3-24(20,21)18-12-14(23-13-7-5-4-6-8-13)11-15(18)16(19)17-9-10-22-2/h4-8,14-15H,3,9-12H2,1-2H3,(H,17,19)/t14-,15-/m0/s1. The predicted octanol–water partition coefficient (Wildman–Crippen LogP) is 0.621. The van der Waals surface area contributed by atoms with Gasteiger partial charge >= 0.3 is 0 Å². The van der Waals surface area contributed by atoms with Crippen LogP contribution in [0.25, 0.3) is 0 Å². The zero-order valence-electron chi connectivity index (χ0n) is 14.0. The average Bonchev–Trinajstić information content (AvgIpc) is 3.01. The first-order chi connectivity index (χ1) is 11.5. The van der Waals surface area contributed by atoms with Gasteiger partial charge in [-0.1, -0.05) is 18.2 Å². The molecule has 7 nitrogen and oxygen atoms in total. The normalized spacial score (nSPS) is 21.6. The highest BCUT2D eigenvalue weighted by molar-refractivity contribution is 7.89. The van der Waals surface area contributed by atoms with E-state index < -0.39 is 16.1 Å². The fourth-order valence-corrected chi connectivity index (χ4v) is 3.95. The molecule has 24 heavy (non-hydrogen) atoms. The fourth-order valence-electron chi connectivity index (χ4n) is 2.65. The average molecular weight is 356 g/mol. The molecule has 1 heterocycles. The summed E-state index contributed by atoms with van der Waals surface area (Å²) in [5, 5.41) is 2.71. The van der Waals surface area contributed by atoms with Crippen LogP contribution in [0.5, 0.6) is 5.75 Å². The molecule has 134 valence electrons. The van der Waals surface area contributed by atoms with E-state index in [4.69, 9.17) is 9.47 Å². The zero-order valence-corrected chi connectivity index (χ0v) is 14.8. The van der Waals surface area contributed by atoms with Gasteiger partial charge in [0.25, 0.3) is 0 Å². The molecule has 1 N–H and O–H groups in total. The highest BCUT2D eigenvalue weighted by Gasteiger charge is 2.43. The first-order valence-corrected chi connectivity index (χ1v) is 9.56. The highest BCUT2D eigenvalue weighted by Crippen LogP contribution is 2.26. The van der Waals surface area contributed by atoms with Crippen LogP contribution in [0.15, 0.2) is 30.3 Å². The molecular formula is C16H24N2O5S. The van der Waals surface area contributed by atoms with E-state index in [1.54, 1.807) is 14.0 Å². The number of amides is 1. The summed E-state index contributed by atoms with van der Waals surface area (Å²) in [4.78, 5) is 12.4. The van der Waals surface area contributed by atoms with Gasteiger partial charge < -0.3 is 14.8 Å². The molecule has 0 saturated carbocycles.